The van der Waals surface area contributed by atoms with Crippen LogP contribution in [0.3, 0.4) is 0 Å². The molecule has 2 heterocycles. The minimum Gasteiger partial charge on any atom is -0.353 e. The maximum atomic E-state index is 13.8. The minimum absolute atomic E-state index is 0.00658. The van der Waals surface area contributed by atoms with E-state index in [0.717, 1.165) is 12.8 Å². The van der Waals surface area contributed by atoms with E-state index in [1.807, 2.05) is 0 Å². The Bertz CT molecular complexity index is 808. The third-order valence-corrected chi connectivity index (χ3v) is 5.20. The fourth-order valence-electron chi connectivity index (χ4n) is 3.18. The van der Waals surface area contributed by atoms with Crippen LogP contribution in [-0.2, 0) is 11.2 Å². The number of amides is 2. The van der Waals surface area contributed by atoms with Crippen molar-refractivity contribution in [2.45, 2.75) is 31.7 Å². The van der Waals surface area contributed by atoms with Crippen LogP contribution in [0.4, 0.5) is 4.39 Å². The Balaban J connectivity index is 1.43. The third kappa shape index (κ3) is 5.35. The molecule has 1 aliphatic heterocycles. The molecule has 0 saturated carbocycles. The van der Waals surface area contributed by atoms with Gasteiger partial charge in [0.1, 0.15) is 5.82 Å². The average molecular weight is 434 g/mol. The van der Waals surface area contributed by atoms with Crippen LogP contribution in [0.2, 0.25) is 0 Å². The highest BCUT2D eigenvalue weighted by atomic mass is 79.9. The number of aryl methyl sites for hydroxylation is 1. The van der Waals surface area contributed by atoms with Gasteiger partial charge in [0.05, 0.1) is 0 Å². The van der Waals surface area contributed by atoms with Gasteiger partial charge in [0.15, 0.2) is 0 Å². The highest BCUT2D eigenvalue weighted by Gasteiger charge is 2.24. The molecule has 1 N–H and O–H groups in total. The van der Waals surface area contributed by atoms with E-state index in [2.05, 4.69) is 26.2 Å². The first-order valence-corrected chi connectivity index (χ1v) is 9.75. The second-order valence-corrected chi connectivity index (χ2v) is 7.52. The lowest BCUT2D eigenvalue weighted by atomic mass is 10.0. The number of carbonyl (C=O) groups excluding carboxylic acids is 2. The van der Waals surface area contributed by atoms with E-state index in [1.165, 1.54) is 6.07 Å². The van der Waals surface area contributed by atoms with Gasteiger partial charge in [-0.2, -0.15) is 0 Å². The maximum absolute atomic E-state index is 13.8. The van der Waals surface area contributed by atoms with Crippen LogP contribution in [0, 0.1) is 5.82 Å². The SMILES string of the molecule is O=C(CCc1ccc(Br)cc1F)NC1CCN(C(=O)c2ccncc2)CC1. The van der Waals surface area contributed by atoms with Gasteiger partial charge in [-0.3, -0.25) is 14.6 Å². The number of carbonyl (C=O) groups is 2. The number of hydrogen-bond acceptors (Lipinski definition) is 3. The zero-order valence-electron chi connectivity index (χ0n) is 14.8. The summed E-state index contributed by atoms with van der Waals surface area (Å²) in [6.45, 7) is 1.21. The first-order chi connectivity index (χ1) is 13.0. The third-order valence-electron chi connectivity index (χ3n) is 4.71. The number of pyridine rings is 1. The molecule has 5 nitrogen and oxygen atoms in total. The summed E-state index contributed by atoms with van der Waals surface area (Å²) in [6, 6.07) is 8.33. The summed E-state index contributed by atoms with van der Waals surface area (Å²) < 4.78 is 14.5. The summed E-state index contributed by atoms with van der Waals surface area (Å²) in [5, 5.41) is 3.00. The zero-order valence-corrected chi connectivity index (χ0v) is 16.4. The second-order valence-electron chi connectivity index (χ2n) is 6.61. The van der Waals surface area contributed by atoms with Crippen molar-refractivity contribution < 1.29 is 14.0 Å². The molecular formula is C20H21BrFN3O2. The van der Waals surface area contributed by atoms with Crippen LogP contribution in [-0.4, -0.2) is 40.8 Å². The molecular weight excluding hydrogens is 413 g/mol. The molecule has 1 fully saturated rings. The van der Waals surface area contributed by atoms with Gasteiger partial charge in [-0.05, 0) is 49.1 Å². The van der Waals surface area contributed by atoms with Crippen molar-refractivity contribution >= 4 is 27.7 Å². The molecule has 27 heavy (non-hydrogen) atoms. The molecule has 3 rings (SSSR count). The number of hydrogen-bond donors (Lipinski definition) is 1. The first kappa shape index (κ1) is 19.5. The van der Waals surface area contributed by atoms with Gasteiger partial charge in [-0.25, -0.2) is 4.39 Å². The van der Waals surface area contributed by atoms with Crippen LogP contribution in [0.5, 0.6) is 0 Å². The Morgan fingerprint density at radius 2 is 1.89 bits per heavy atom. The second kappa shape index (κ2) is 9.08. The standard InChI is InChI=1S/C20H21BrFN3O2/c21-16-3-1-14(18(22)13-16)2-4-19(26)24-17-7-11-25(12-8-17)20(27)15-5-9-23-10-6-15/h1,3,5-6,9-10,13,17H,2,4,7-8,11-12H2,(H,24,26). The Morgan fingerprint density at radius 1 is 1.19 bits per heavy atom. The molecule has 1 aromatic carbocycles. The lowest BCUT2D eigenvalue weighted by Gasteiger charge is -2.32. The number of aromatic nitrogens is 1. The predicted molar refractivity (Wildman–Crippen MR) is 104 cm³/mol. The van der Waals surface area contributed by atoms with Crippen molar-refractivity contribution in [2.75, 3.05) is 13.1 Å². The quantitative estimate of drug-likeness (QED) is 0.786. The summed E-state index contributed by atoms with van der Waals surface area (Å²) in [7, 11) is 0. The lowest BCUT2D eigenvalue weighted by Crippen LogP contribution is -2.46. The Labute approximate surface area is 166 Å². The molecule has 0 atom stereocenters. The Morgan fingerprint density at radius 3 is 2.56 bits per heavy atom. The monoisotopic (exact) mass is 433 g/mol. The van der Waals surface area contributed by atoms with E-state index in [0.29, 0.717) is 35.1 Å². The normalized spacial score (nSPS) is 14.8. The molecule has 0 bridgehead atoms. The molecule has 7 heteroatoms. The van der Waals surface area contributed by atoms with E-state index >= 15 is 0 Å². The Hall–Kier alpha value is -2.28. The topological polar surface area (TPSA) is 62.3 Å². The van der Waals surface area contributed by atoms with Crippen molar-refractivity contribution in [3.8, 4) is 0 Å². The molecule has 2 aromatic rings. The smallest absolute Gasteiger partial charge is 0.253 e. The van der Waals surface area contributed by atoms with Crippen molar-refractivity contribution in [3.63, 3.8) is 0 Å². The van der Waals surface area contributed by atoms with Crippen LogP contribution in [0.25, 0.3) is 0 Å². The molecule has 1 aliphatic rings. The highest BCUT2D eigenvalue weighted by molar-refractivity contribution is 9.10. The number of piperidine rings is 1. The zero-order chi connectivity index (χ0) is 19.2. The molecule has 1 aromatic heterocycles. The van der Waals surface area contributed by atoms with Crippen LogP contribution < -0.4 is 5.32 Å². The maximum Gasteiger partial charge on any atom is 0.253 e. The summed E-state index contributed by atoms with van der Waals surface area (Å²) in [6.07, 6.45) is 5.26. The predicted octanol–water partition coefficient (Wildman–Crippen LogP) is 3.34. The summed E-state index contributed by atoms with van der Waals surface area (Å²) in [4.78, 5) is 30.3. The van der Waals surface area contributed by atoms with Gasteiger partial charge in [0, 0.05) is 48.0 Å². The number of likely N-dealkylation sites (tertiary alicyclic amines) is 1. The molecule has 142 valence electrons. The van der Waals surface area contributed by atoms with Crippen LogP contribution in [0.15, 0.2) is 47.2 Å². The van der Waals surface area contributed by atoms with Gasteiger partial charge < -0.3 is 10.2 Å². The van der Waals surface area contributed by atoms with Crippen LogP contribution >= 0.6 is 15.9 Å². The van der Waals surface area contributed by atoms with E-state index in [-0.39, 0.29) is 30.1 Å². The van der Waals surface area contributed by atoms with Crippen molar-refractivity contribution in [1.29, 1.82) is 0 Å². The van der Waals surface area contributed by atoms with E-state index in [4.69, 9.17) is 0 Å². The van der Waals surface area contributed by atoms with Crippen molar-refractivity contribution in [1.82, 2.24) is 15.2 Å². The average Bonchev–Trinajstić information content (AvgIpc) is 2.68. The van der Waals surface area contributed by atoms with Gasteiger partial charge in [0.2, 0.25) is 5.91 Å². The highest BCUT2D eigenvalue weighted by Crippen LogP contribution is 2.17. The summed E-state index contributed by atoms with van der Waals surface area (Å²) in [5.74, 6) is -0.399. The number of nitrogens with zero attached hydrogens (tertiary/aromatic N) is 2. The molecule has 0 radical (unpaired) electrons. The number of nitrogens with one attached hydrogen (secondary N) is 1. The number of benzene rings is 1. The first-order valence-electron chi connectivity index (χ1n) is 8.95. The largest absolute Gasteiger partial charge is 0.353 e. The minimum atomic E-state index is -0.305. The fraction of sp³-hybridized carbons (Fsp3) is 0.350. The Kier molecular flexibility index (Phi) is 6.55. The van der Waals surface area contributed by atoms with Gasteiger partial charge in [-0.15, -0.1) is 0 Å². The van der Waals surface area contributed by atoms with Gasteiger partial charge >= 0.3 is 0 Å². The molecule has 0 spiro atoms. The van der Waals surface area contributed by atoms with Crippen LogP contribution in [0.1, 0.15) is 35.2 Å². The summed E-state index contributed by atoms with van der Waals surface area (Å²) >= 11 is 3.22. The summed E-state index contributed by atoms with van der Waals surface area (Å²) in [5.41, 5.74) is 1.16. The van der Waals surface area contributed by atoms with Crippen molar-refractivity contribution in [3.05, 3.63) is 64.1 Å². The molecule has 2 amide bonds. The van der Waals surface area contributed by atoms with E-state index < -0.39 is 0 Å². The number of halogens is 2. The molecule has 1 saturated heterocycles. The van der Waals surface area contributed by atoms with Crippen molar-refractivity contribution in [2.24, 2.45) is 0 Å². The number of rotatable bonds is 5. The van der Waals surface area contributed by atoms with E-state index in [9.17, 15) is 14.0 Å². The van der Waals surface area contributed by atoms with E-state index in [1.54, 1.807) is 41.6 Å². The molecule has 0 unspecified atom stereocenters. The molecule has 0 aliphatic carbocycles. The fourth-order valence-corrected chi connectivity index (χ4v) is 3.51. The van der Waals surface area contributed by atoms with Gasteiger partial charge in [-0.1, -0.05) is 22.0 Å². The van der Waals surface area contributed by atoms with Gasteiger partial charge in [0.25, 0.3) is 5.91 Å². The lowest BCUT2D eigenvalue weighted by molar-refractivity contribution is -0.122.